The van der Waals surface area contributed by atoms with Gasteiger partial charge in [0.15, 0.2) is 5.78 Å². The molecule has 0 aromatic heterocycles. The maximum Gasteiger partial charge on any atom is 0.228 e. The summed E-state index contributed by atoms with van der Waals surface area (Å²) >= 11 is 0. The summed E-state index contributed by atoms with van der Waals surface area (Å²) in [6.07, 6.45) is 7.76. The van der Waals surface area contributed by atoms with Crippen molar-refractivity contribution in [1.29, 1.82) is 0 Å². The third kappa shape index (κ3) is 4.01. The van der Waals surface area contributed by atoms with Gasteiger partial charge >= 0.3 is 0 Å². The molecule has 0 bridgehead atoms. The van der Waals surface area contributed by atoms with E-state index in [9.17, 15) is 9.59 Å². The highest BCUT2D eigenvalue weighted by atomic mass is 16.2. The molecule has 0 heterocycles. The molecular formula is C11H12O2. The fourth-order valence-electron chi connectivity index (χ4n) is 0.677. The number of carbonyl (C=O) groups excluding carboxylic acids is 2. The second-order valence-electron chi connectivity index (χ2n) is 2.33. The zero-order chi connectivity index (χ0) is 10.3. The Morgan fingerprint density at radius 1 is 1.15 bits per heavy atom. The molecule has 0 aliphatic rings. The molecule has 0 aliphatic heterocycles. The molecule has 0 spiro atoms. The zero-order valence-corrected chi connectivity index (χ0v) is 7.62. The summed E-state index contributed by atoms with van der Waals surface area (Å²) in [6.45, 7) is 8.14. The number of allylic oxidation sites excluding steroid dienone is 6. The van der Waals surface area contributed by atoms with Gasteiger partial charge in [-0.1, -0.05) is 43.5 Å². The van der Waals surface area contributed by atoms with E-state index in [1.807, 2.05) is 0 Å². The van der Waals surface area contributed by atoms with Gasteiger partial charge in [0.25, 0.3) is 0 Å². The van der Waals surface area contributed by atoms with Gasteiger partial charge in [0.1, 0.15) is 0 Å². The van der Waals surface area contributed by atoms with Gasteiger partial charge in [0.2, 0.25) is 5.78 Å². The Morgan fingerprint density at radius 3 is 2.15 bits per heavy atom. The molecule has 0 N–H and O–H groups in total. The van der Waals surface area contributed by atoms with Gasteiger partial charge in [-0.3, -0.25) is 9.59 Å². The third-order valence-electron chi connectivity index (χ3n) is 1.32. The molecule has 0 saturated carbocycles. The predicted octanol–water partition coefficient (Wildman–Crippen LogP) is 2.00. The summed E-state index contributed by atoms with van der Waals surface area (Å²) in [5.74, 6) is -1.01. The van der Waals surface area contributed by atoms with Crippen LogP contribution in [0, 0.1) is 0 Å². The first-order valence-corrected chi connectivity index (χ1v) is 3.80. The van der Waals surface area contributed by atoms with Crippen LogP contribution in [0.3, 0.4) is 0 Å². The minimum absolute atomic E-state index is 0.297. The van der Waals surface area contributed by atoms with E-state index in [0.717, 1.165) is 0 Å². The fraction of sp³-hybridized carbons (Fsp3) is 0.0909. The Morgan fingerprint density at radius 2 is 1.77 bits per heavy atom. The Kier molecular flexibility index (Phi) is 5.12. The van der Waals surface area contributed by atoms with E-state index in [4.69, 9.17) is 0 Å². The first kappa shape index (κ1) is 11.3. The molecule has 0 fully saturated rings. The van der Waals surface area contributed by atoms with Gasteiger partial charge in [-0.2, -0.15) is 0 Å². The molecule has 68 valence electrons. The van der Waals surface area contributed by atoms with Crippen LogP contribution in [-0.2, 0) is 9.59 Å². The molecule has 2 heteroatoms. The molecule has 2 nitrogen and oxygen atoms in total. The number of ketones is 2. The van der Waals surface area contributed by atoms with Crippen molar-refractivity contribution in [2.24, 2.45) is 0 Å². The summed E-state index contributed by atoms with van der Waals surface area (Å²) < 4.78 is 0. The first-order valence-electron chi connectivity index (χ1n) is 3.80. The molecule has 0 aliphatic carbocycles. The fourth-order valence-corrected chi connectivity index (χ4v) is 0.677. The highest BCUT2D eigenvalue weighted by Gasteiger charge is 2.09. The van der Waals surface area contributed by atoms with Gasteiger partial charge in [-0.15, -0.1) is 0 Å². The van der Waals surface area contributed by atoms with Crippen LogP contribution in [0.4, 0.5) is 0 Å². The lowest BCUT2D eigenvalue weighted by Crippen LogP contribution is -2.10. The van der Waals surface area contributed by atoms with Gasteiger partial charge in [0.05, 0.1) is 0 Å². The van der Waals surface area contributed by atoms with E-state index in [0.29, 0.717) is 5.57 Å². The number of carbonyl (C=O) groups is 2. The monoisotopic (exact) mass is 176 g/mol. The second-order valence-corrected chi connectivity index (χ2v) is 2.33. The van der Waals surface area contributed by atoms with Crippen molar-refractivity contribution in [2.45, 2.75) is 6.92 Å². The van der Waals surface area contributed by atoms with Crippen LogP contribution >= 0.6 is 0 Å². The first-order chi connectivity index (χ1) is 6.13. The van der Waals surface area contributed by atoms with Crippen molar-refractivity contribution >= 4 is 11.6 Å². The molecule has 0 unspecified atom stereocenters. The van der Waals surface area contributed by atoms with Crippen LogP contribution in [0.2, 0.25) is 0 Å². The van der Waals surface area contributed by atoms with Crippen LogP contribution in [0.1, 0.15) is 6.92 Å². The van der Waals surface area contributed by atoms with E-state index in [1.165, 1.54) is 19.1 Å². The molecule has 13 heavy (non-hydrogen) atoms. The van der Waals surface area contributed by atoms with Gasteiger partial charge in [-0.25, -0.2) is 0 Å². The highest BCUT2D eigenvalue weighted by Crippen LogP contribution is 1.99. The van der Waals surface area contributed by atoms with E-state index < -0.39 is 11.6 Å². The topological polar surface area (TPSA) is 34.1 Å². The molecule has 0 aromatic rings. The van der Waals surface area contributed by atoms with Gasteiger partial charge in [0, 0.05) is 12.5 Å². The predicted molar refractivity (Wildman–Crippen MR) is 53.3 cm³/mol. The third-order valence-corrected chi connectivity index (χ3v) is 1.32. The molecule has 0 amide bonds. The normalized spacial score (nSPS) is 11.3. The smallest absolute Gasteiger partial charge is 0.228 e. The molecule has 0 rings (SSSR count). The summed E-state index contributed by atoms with van der Waals surface area (Å²) in [5.41, 5.74) is 0.297. The SMILES string of the molecule is C=C/C=C\C=C(/C=C)C(=O)C(C)=O. The van der Waals surface area contributed by atoms with Crippen molar-refractivity contribution in [1.82, 2.24) is 0 Å². The quantitative estimate of drug-likeness (QED) is 0.365. The lowest BCUT2D eigenvalue weighted by Gasteiger charge is -1.93. The van der Waals surface area contributed by atoms with Gasteiger partial charge < -0.3 is 0 Å². The van der Waals surface area contributed by atoms with Crippen molar-refractivity contribution in [3.8, 4) is 0 Å². The molecule has 0 atom stereocenters. The number of rotatable bonds is 5. The summed E-state index contributed by atoms with van der Waals surface area (Å²) in [4.78, 5) is 21.8. The Labute approximate surface area is 78.0 Å². The average Bonchev–Trinajstić information content (AvgIpc) is 2.11. The maximum atomic E-state index is 11.1. The minimum atomic E-state index is -0.524. The van der Waals surface area contributed by atoms with Crippen LogP contribution in [0.25, 0.3) is 0 Å². The largest absolute Gasteiger partial charge is 0.291 e. The van der Waals surface area contributed by atoms with Crippen LogP contribution in [0.5, 0.6) is 0 Å². The van der Waals surface area contributed by atoms with Gasteiger partial charge in [-0.05, 0) is 0 Å². The van der Waals surface area contributed by atoms with E-state index in [1.54, 1.807) is 18.2 Å². The lowest BCUT2D eigenvalue weighted by molar-refractivity contribution is -0.132. The Hall–Kier alpha value is -1.70. The summed E-state index contributed by atoms with van der Waals surface area (Å²) in [5, 5.41) is 0. The Bertz CT molecular complexity index is 293. The second kappa shape index (κ2) is 5.89. The molecule has 0 saturated heterocycles. The van der Waals surface area contributed by atoms with Crippen LogP contribution < -0.4 is 0 Å². The van der Waals surface area contributed by atoms with Crippen molar-refractivity contribution in [3.63, 3.8) is 0 Å². The molecule has 0 aromatic carbocycles. The van der Waals surface area contributed by atoms with Crippen LogP contribution in [-0.4, -0.2) is 11.6 Å². The van der Waals surface area contributed by atoms with Crippen molar-refractivity contribution in [2.75, 3.05) is 0 Å². The average molecular weight is 176 g/mol. The van der Waals surface area contributed by atoms with E-state index in [2.05, 4.69) is 13.2 Å². The summed E-state index contributed by atoms with van der Waals surface area (Å²) in [6, 6.07) is 0. The maximum absolute atomic E-state index is 11.1. The standard InChI is InChI=1S/C11H12O2/c1-4-6-7-8-10(5-2)11(13)9(3)12/h4-8H,1-2H2,3H3/b7-6-,10-8+. The molecular weight excluding hydrogens is 164 g/mol. The number of hydrogen-bond acceptors (Lipinski definition) is 2. The summed E-state index contributed by atoms with van der Waals surface area (Å²) in [7, 11) is 0. The van der Waals surface area contributed by atoms with Crippen molar-refractivity contribution in [3.05, 3.63) is 49.1 Å². The zero-order valence-electron chi connectivity index (χ0n) is 7.62. The van der Waals surface area contributed by atoms with E-state index in [-0.39, 0.29) is 0 Å². The Balaban J connectivity index is 4.69. The minimum Gasteiger partial charge on any atom is -0.291 e. The molecule has 0 radical (unpaired) electrons. The highest BCUT2D eigenvalue weighted by molar-refractivity contribution is 6.43. The number of Topliss-reactive ketones (excluding diaryl/α,β-unsaturated/α-hetero) is 2. The van der Waals surface area contributed by atoms with E-state index >= 15 is 0 Å². The lowest BCUT2D eigenvalue weighted by atomic mass is 10.1. The van der Waals surface area contributed by atoms with Crippen LogP contribution in [0.15, 0.2) is 49.1 Å². The number of hydrogen-bond donors (Lipinski definition) is 0. The van der Waals surface area contributed by atoms with Crippen molar-refractivity contribution < 1.29 is 9.59 Å².